The summed E-state index contributed by atoms with van der Waals surface area (Å²) in [5.74, 6) is 0.923. The molecule has 5 nitrogen and oxygen atoms in total. The number of carboxylic acid groups (broad SMARTS) is 1. The van der Waals surface area contributed by atoms with E-state index in [0.29, 0.717) is 5.92 Å². The highest BCUT2D eigenvalue weighted by Crippen LogP contribution is 2.20. The van der Waals surface area contributed by atoms with Crippen LogP contribution >= 0.6 is 0 Å². The molecule has 5 heteroatoms. The van der Waals surface area contributed by atoms with E-state index < -0.39 is 5.97 Å². The van der Waals surface area contributed by atoms with Crippen LogP contribution in [0.25, 0.3) is 0 Å². The number of nitrogens with zero attached hydrogens (tertiary/aromatic N) is 2. The minimum atomic E-state index is -0.932. The molecule has 0 aliphatic heterocycles. The van der Waals surface area contributed by atoms with Crippen LogP contribution in [0.15, 0.2) is 30.3 Å². The van der Waals surface area contributed by atoms with Gasteiger partial charge in [0.05, 0.1) is 5.56 Å². The van der Waals surface area contributed by atoms with E-state index in [0.717, 1.165) is 29.4 Å². The molecule has 0 atom stereocenters. The van der Waals surface area contributed by atoms with Crippen molar-refractivity contribution in [1.82, 2.24) is 9.97 Å². The summed E-state index contributed by atoms with van der Waals surface area (Å²) >= 11 is 0. The van der Waals surface area contributed by atoms with Crippen molar-refractivity contribution in [2.45, 2.75) is 33.1 Å². The van der Waals surface area contributed by atoms with Gasteiger partial charge < -0.3 is 10.4 Å². The van der Waals surface area contributed by atoms with Crippen molar-refractivity contribution >= 4 is 17.5 Å². The molecule has 0 spiro atoms. The second-order valence-corrected chi connectivity index (χ2v) is 5.11. The summed E-state index contributed by atoms with van der Waals surface area (Å²) in [6, 6.07) is 8.51. The fraction of sp³-hybridized carbons (Fsp3) is 0.312. The summed E-state index contributed by atoms with van der Waals surface area (Å²) in [7, 11) is 0. The Kier molecular flexibility index (Phi) is 4.52. The summed E-state index contributed by atoms with van der Waals surface area (Å²) in [5, 5.41) is 12.1. The molecule has 0 unspecified atom stereocenters. The summed E-state index contributed by atoms with van der Waals surface area (Å²) in [4.78, 5) is 19.8. The predicted octanol–water partition coefficient (Wildman–Crippen LogP) is 3.60. The molecule has 1 aromatic heterocycles. The van der Waals surface area contributed by atoms with Crippen molar-refractivity contribution in [3.63, 3.8) is 0 Å². The van der Waals surface area contributed by atoms with Crippen molar-refractivity contribution in [2.24, 2.45) is 0 Å². The van der Waals surface area contributed by atoms with E-state index >= 15 is 0 Å². The molecule has 0 saturated carbocycles. The van der Waals surface area contributed by atoms with Crippen LogP contribution in [0.5, 0.6) is 0 Å². The first kappa shape index (κ1) is 15.0. The molecule has 21 heavy (non-hydrogen) atoms. The van der Waals surface area contributed by atoms with Crippen LogP contribution in [0, 0.1) is 0 Å². The molecule has 1 heterocycles. The Morgan fingerprint density at radius 1 is 1.24 bits per heavy atom. The van der Waals surface area contributed by atoms with E-state index in [2.05, 4.69) is 29.1 Å². The Morgan fingerprint density at radius 3 is 2.43 bits per heavy atom. The van der Waals surface area contributed by atoms with Gasteiger partial charge in [-0.25, -0.2) is 14.8 Å². The minimum absolute atomic E-state index is 0.264. The second kappa shape index (κ2) is 6.35. The molecular formula is C16H19N3O2. The van der Waals surface area contributed by atoms with Gasteiger partial charge in [0, 0.05) is 23.9 Å². The Hall–Kier alpha value is -2.43. The number of nitrogens with one attached hydrogen (secondary N) is 1. The van der Waals surface area contributed by atoms with Gasteiger partial charge in [-0.05, 0) is 30.2 Å². The summed E-state index contributed by atoms with van der Waals surface area (Å²) in [6.07, 6.45) is 0.771. The van der Waals surface area contributed by atoms with E-state index in [1.54, 1.807) is 24.3 Å². The quantitative estimate of drug-likeness (QED) is 0.877. The third-order valence-electron chi connectivity index (χ3n) is 3.10. The van der Waals surface area contributed by atoms with E-state index in [4.69, 9.17) is 5.11 Å². The fourth-order valence-electron chi connectivity index (χ4n) is 1.88. The number of aromatic carboxylic acids is 1. The lowest BCUT2D eigenvalue weighted by Crippen LogP contribution is -2.04. The van der Waals surface area contributed by atoms with Gasteiger partial charge in [0.1, 0.15) is 11.6 Å². The van der Waals surface area contributed by atoms with Crippen LogP contribution in [0.1, 0.15) is 48.6 Å². The first-order valence-corrected chi connectivity index (χ1v) is 6.97. The van der Waals surface area contributed by atoms with Crippen molar-refractivity contribution in [2.75, 3.05) is 5.32 Å². The van der Waals surface area contributed by atoms with Gasteiger partial charge >= 0.3 is 5.97 Å². The number of benzene rings is 1. The number of carbonyl (C=O) groups is 1. The highest BCUT2D eigenvalue weighted by molar-refractivity contribution is 5.88. The third-order valence-corrected chi connectivity index (χ3v) is 3.10. The number of hydrogen-bond donors (Lipinski definition) is 2. The standard InChI is InChI=1S/C16H19N3O2/c1-4-14-18-13(10(2)3)9-15(19-14)17-12-7-5-11(6-8-12)16(20)21/h5-10H,4H2,1-3H3,(H,20,21)(H,17,18,19). The molecule has 0 amide bonds. The molecular weight excluding hydrogens is 266 g/mol. The van der Waals surface area contributed by atoms with E-state index in [9.17, 15) is 4.79 Å². The lowest BCUT2D eigenvalue weighted by atomic mass is 10.1. The van der Waals surface area contributed by atoms with Crippen molar-refractivity contribution < 1.29 is 9.90 Å². The third kappa shape index (κ3) is 3.78. The number of aryl methyl sites for hydroxylation is 1. The van der Waals surface area contributed by atoms with E-state index in [1.807, 2.05) is 13.0 Å². The lowest BCUT2D eigenvalue weighted by Gasteiger charge is -2.11. The minimum Gasteiger partial charge on any atom is -0.478 e. The van der Waals surface area contributed by atoms with E-state index in [-0.39, 0.29) is 5.56 Å². The lowest BCUT2D eigenvalue weighted by molar-refractivity contribution is 0.0697. The van der Waals surface area contributed by atoms with Crippen LogP contribution in [0.4, 0.5) is 11.5 Å². The topological polar surface area (TPSA) is 75.1 Å². The van der Waals surface area contributed by atoms with Crippen molar-refractivity contribution in [3.05, 3.63) is 47.4 Å². The van der Waals surface area contributed by atoms with Gasteiger partial charge in [0.25, 0.3) is 0 Å². The molecule has 0 saturated heterocycles. The van der Waals surface area contributed by atoms with Gasteiger partial charge in [-0.1, -0.05) is 20.8 Å². The first-order chi connectivity index (χ1) is 9.99. The molecule has 0 radical (unpaired) electrons. The van der Waals surface area contributed by atoms with Crippen LogP contribution in [0.2, 0.25) is 0 Å². The molecule has 2 aromatic rings. The monoisotopic (exact) mass is 285 g/mol. The number of carboxylic acids is 1. The Bertz CT molecular complexity index is 636. The van der Waals surface area contributed by atoms with Gasteiger partial charge in [0.15, 0.2) is 0 Å². The molecule has 110 valence electrons. The van der Waals surface area contributed by atoms with Gasteiger partial charge in [0.2, 0.25) is 0 Å². The van der Waals surface area contributed by atoms with Crippen LogP contribution in [0.3, 0.4) is 0 Å². The highest BCUT2D eigenvalue weighted by atomic mass is 16.4. The van der Waals surface area contributed by atoms with Gasteiger partial charge in [-0.3, -0.25) is 0 Å². The average molecular weight is 285 g/mol. The normalized spacial score (nSPS) is 10.7. The zero-order valence-electron chi connectivity index (χ0n) is 12.4. The van der Waals surface area contributed by atoms with Gasteiger partial charge in [-0.15, -0.1) is 0 Å². The maximum atomic E-state index is 10.8. The van der Waals surface area contributed by atoms with Crippen LogP contribution < -0.4 is 5.32 Å². The van der Waals surface area contributed by atoms with Crippen LogP contribution in [-0.4, -0.2) is 21.0 Å². The molecule has 2 N–H and O–H groups in total. The zero-order valence-corrected chi connectivity index (χ0v) is 12.4. The number of hydrogen-bond acceptors (Lipinski definition) is 4. The molecule has 0 fully saturated rings. The largest absolute Gasteiger partial charge is 0.478 e. The highest BCUT2D eigenvalue weighted by Gasteiger charge is 2.08. The van der Waals surface area contributed by atoms with E-state index in [1.165, 1.54) is 0 Å². The molecule has 1 aromatic carbocycles. The number of aromatic nitrogens is 2. The second-order valence-electron chi connectivity index (χ2n) is 5.11. The Balaban J connectivity index is 2.25. The maximum Gasteiger partial charge on any atom is 0.335 e. The maximum absolute atomic E-state index is 10.8. The molecule has 0 bridgehead atoms. The smallest absolute Gasteiger partial charge is 0.335 e. The molecule has 0 aliphatic carbocycles. The Labute approximate surface area is 124 Å². The molecule has 0 aliphatic rings. The van der Waals surface area contributed by atoms with Gasteiger partial charge in [-0.2, -0.15) is 0 Å². The predicted molar refractivity (Wildman–Crippen MR) is 82.2 cm³/mol. The number of rotatable bonds is 5. The fourth-order valence-corrected chi connectivity index (χ4v) is 1.88. The van der Waals surface area contributed by atoms with Crippen LogP contribution in [-0.2, 0) is 6.42 Å². The SMILES string of the molecule is CCc1nc(Nc2ccc(C(=O)O)cc2)cc(C(C)C)n1. The Morgan fingerprint density at radius 2 is 1.90 bits per heavy atom. The van der Waals surface area contributed by atoms with Crippen molar-refractivity contribution in [1.29, 1.82) is 0 Å². The first-order valence-electron chi connectivity index (χ1n) is 6.97. The summed E-state index contributed by atoms with van der Waals surface area (Å²) < 4.78 is 0. The van der Waals surface area contributed by atoms with Crippen molar-refractivity contribution in [3.8, 4) is 0 Å². The zero-order chi connectivity index (χ0) is 15.4. The average Bonchev–Trinajstić information content (AvgIpc) is 2.47. The summed E-state index contributed by atoms with van der Waals surface area (Å²) in [5.41, 5.74) is 2.06. The summed E-state index contributed by atoms with van der Waals surface area (Å²) in [6.45, 7) is 6.20. The molecule has 2 rings (SSSR count). The number of anilines is 2.